The number of halogens is 1. The number of para-hydroxylation sites is 1. The van der Waals surface area contributed by atoms with E-state index >= 15 is 0 Å². The average molecular weight is 266 g/mol. The van der Waals surface area contributed by atoms with Gasteiger partial charge < -0.3 is 15.0 Å². The van der Waals surface area contributed by atoms with Crippen LogP contribution in [0.1, 0.15) is 24.4 Å². The molecule has 0 fully saturated rings. The standard InChI is InChI=1S/C13H16ClN3O/c1-9(15)10-5-3-4-6-11(10)18-8-13-16-7-12(14)17(13)2/h3-7,9H,8,15H2,1-2H3. The molecule has 0 spiro atoms. The highest BCUT2D eigenvalue weighted by molar-refractivity contribution is 6.29. The monoisotopic (exact) mass is 265 g/mol. The van der Waals surface area contributed by atoms with Gasteiger partial charge in [-0.15, -0.1) is 0 Å². The van der Waals surface area contributed by atoms with Crippen LogP contribution in [0.3, 0.4) is 0 Å². The van der Waals surface area contributed by atoms with Crippen LogP contribution in [0.25, 0.3) is 0 Å². The second kappa shape index (κ2) is 5.42. The first kappa shape index (κ1) is 12.9. The molecule has 5 heteroatoms. The number of nitrogens with two attached hydrogens (primary N) is 1. The minimum Gasteiger partial charge on any atom is -0.485 e. The van der Waals surface area contributed by atoms with Crippen molar-refractivity contribution in [2.75, 3.05) is 0 Å². The lowest BCUT2D eigenvalue weighted by atomic mass is 10.1. The summed E-state index contributed by atoms with van der Waals surface area (Å²) in [6.07, 6.45) is 1.61. The molecule has 0 radical (unpaired) electrons. The van der Waals surface area contributed by atoms with Gasteiger partial charge in [0.15, 0.2) is 0 Å². The van der Waals surface area contributed by atoms with E-state index in [1.165, 1.54) is 0 Å². The summed E-state index contributed by atoms with van der Waals surface area (Å²) in [5.41, 5.74) is 6.88. The summed E-state index contributed by atoms with van der Waals surface area (Å²) >= 11 is 5.92. The molecule has 0 saturated carbocycles. The van der Waals surface area contributed by atoms with Crippen molar-refractivity contribution >= 4 is 11.6 Å². The summed E-state index contributed by atoms with van der Waals surface area (Å²) < 4.78 is 7.54. The normalized spacial score (nSPS) is 12.4. The molecule has 2 N–H and O–H groups in total. The Kier molecular flexibility index (Phi) is 3.89. The van der Waals surface area contributed by atoms with Gasteiger partial charge in [0.2, 0.25) is 0 Å². The van der Waals surface area contributed by atoms with E-state index < -0.39 is 0 Å². The zero-order chi connectivity index (χ0) is 13.1. The van der Waals surface area contributed by atoms with E-state index in [1.807, 2.05) is 38.2 Å². The summed E-state index contributed by atoms with van der Waals surface area (Å²) in [6.45, 7) is 2.30. The first-order valence-corrected chi connectivity index (χ1v) is 6.10. The van der Waals surface area contributed by atoms with Gasteiger partial charge in [0.05, 0.1) is 6.20 Å². The number of nitrogens with zero attached hydrogens (tertiary/aromatic N) is 2. The Bertz CT molecular complexity index is 537. The second-order valence-corrected chi connectivity index (χ2v) is 4.56. The van der Waals surface area contributed by atoms with Crippen molar-refractivity contribution in [3.8, 4) is 5.75 Å². The number of aromatic nitrogens is 2. The lowest BCUT2D eigenvalue weighted by Gasteiger charge is -2.13. The van der Waals surface area contributed by atoms with E-state index in [1.54, 1.807) is 10.8 Å². The maximum Gasteiger partial charge on any atom is 0.147 e. The molecule has 1 aromatic carbocycles. The molecule has 2 rings (SSSR count). The van der Waals surface area contributed by atoms with Crippen LogP contribution in [0, 0.1) is 0 Å². The van der Waals surface area contributed by atoms with Crippen molar-refractivity contribution in [2.45, 2.75) is 19.6 Å². The Morgan fingerprint density at radius 3 is 2.78 bits per heavy atom. The summed E-state index contributed by atoms with van der Waals surface area (Å²) in [7, 11) is 1.85. The molecule has 0 bridgehead atoms. The molecule has 1 atom stereocenters. The molecule has 2 aromatic rings. The van der Waals surface area contributed by atoms with Crippen molar-refractivity contribution in [1.82, 2.24) is 9.55 Å². The van der Waals surface area contributed by atoms with E-state index in [-0.39, 0.29) is 6.04 Å². The first-order valence-electron chi connectivity index (χ1n) is 5.73. The number of ether oxygens (including phenoxy) is 1. The number of benzene rings is 1. The summed E-state index contributed by atoms with van der Waals surface area (Å²) in [6, 6.07) is 7.68. The number of hydrogen-bond acceptors (Lipinski definition) is 3. The number of rotatable bonds is 4. The predicted octanol–water partition coefficient (Wildman–Crippen LogP) is 2.67. The maximum absolute atomic E-state index is 5.92. The molecule has 4 nitrogen and oxygen atoms in total. The molecule has 18 heavy (non-hydrogen) atoms. The van der Waals surface area contributed by atoms with Gasteiger partial charge in [-0.25, -0.2) is 4.98 Å². The summed E-state index contributed by atoms with van der Waals surface area (Å²) in [5, 5.41) is 0.592. The Morgan fingerprint density at radius 2 is 2.17 bits per heavy atom. The number of imidazole rings is 1. The lowest BCUT2D eigenvalue weighted by molar-refractivity contribution is 0.287. The van der Waals surface area contributed by atoms with E-state index in [0.717, 1.165) is 17.1 Å². The van der Waals surface area contributed by atoms with Gasteiger partial charge in [-0.2, -0.15) is 0 Å². The van der Waals surface area contributed by atoms with Gasteiger partial charge in [0, 0.05) is 18.7 Å². The Morgan fingerprint density at radius 1 is 1.44 bits per heavy atom. The molecule has 1 aromatic heterocycles. The highest BCUT2D eigenvalue weighted by Crippen LogP contribution is 2.24. The minimum atomic E-state index is -0.0637. The third-order valence-corrected chi connectivity index (χ3v) is 3.15. The third-order valence-electron chi connectivity index (χ3n) is 2.79. The van der Waals surface area contributed by atoms with E-state index in [9.17, 15) is 0 Å². The third kappa shape index (κ3) is 2.66. The van der Waals surface area contributed by atoms with Crippen LogP contribution >= 0.6 is 11.6 Å². The van der Waals surface area contributed by atoms with Gasteiger partial charge in [-0.05, 0) is 13.0 Å². The zero-order valence-electron chi connectivity index (χ0n) is 10.4. The van der Waals surface area contributed by atoms with Crippen molar-refractivity contribution in [3.05, 3.63) is 47.0 Å². The van der Waals surface area contributed by atoms with Crippen LogP contribution in [-0.4, -0.2) is 9.55 Å². The van der Waals surface area contributed by atoms with Crippen LogP contribution in [0.15, 0.2) is 30.5 Å². The Labute approximate surface area is 111 Å². The van der Waals surface area contributed by atoms with Gasteiger partial charge in [0.25, 0.3) is 0 Å². The largest absolute Gasteiger partial charge is 0.485 e. The van der Waals surface area contributed by atoms with Gasteiger partial charge in [0.1, 0.15) is 23.3 Å². The van der Waals surface area contributed by atoms with Crippen LogP contribution in [-0.2, 0) is 13.7 Å². The first-order chi connectivity index (χ1) is 8.59. The van der Waals surface area contributed by atoms with Crippen molar-refractivity contribution in [1.29, 1.82) is 0 Å². The van der Waals surface area contributed by atoms with Gasteiger partial charge in [-0.3, -0.25) is 0 Å². The lowest BCUT2D eigenvalue weighted by Crippen LogP contribution is -2.09. The second-order valence-electron chi connectivity index (χ2n) is 4.17. The van der Waals surface area contributed by atoms with E-state index in [2.05, 4.69) is 4.98 Å². The fourth-order valence-corrected chi connectivity index (χ4v) is 1.84. The van der Waals surface area contributed by atoms with E-state index in [4.69, 9.17) is 22.1 Å². The Hall–Kier alpha value is -1.52. The van der Waals surface area contributed by atoms with Crippen LogP contribution in [0.4, 0.5) is 0 Å². The SMILES string of the molecule is CC(N)c1ccccc1OCc1ncc(Cl)n1C. The zero-order valence-corrected chi connectivity index (χ0v) is 11.2. The maximum atomic E-state index is 5.92. The Balaban J connectivity index is 2.13. The van der Waals surface area contributed by atoms with Crippen LogP contribution < -0.4 is 10.5 Å². The average Bonchev–Trinajstić information content (AvgIpc) is 2.68. The van der Waals surface area contributed by atoms with Crippen molar-refractivity contribution < 1.29 is 4.74 Å². The summed E-state index contributed by atoms with van der Waals surface area (Å²) in [5.74, 6) is 1.56. The predicted molar refractivity (Wildman–Crippen MR) is 71.6 cm³/mol. The molecule has 0 aliphatic rings. The van der Waals surface area contributed by atoms with Gasteiger partial charge >= 0.3 is 0 Å². The van der Waals surface area contributed by atoms with E-state index in [0.29, 0.717) is 11.8 Å². The topological polar surface area (TPSA) is 53.1 Å². The smallest absolute Gasteiger partial charge is 0.147 e. The van der Waals surface area contributed by atoms with Gasteiger partial charge in [-0.1, -0.05) is 29.8 Å². The molecule has 96 valence electrons. The van der Waals surface area contributed by atoms with Crippen LogP contribution in [0.2, 0.25) is 5.15 Å². The van der Waals surface area contributed by atoms with Crippen molar-refractivity contribution in [3.63, 3.8) is 0 Å². The molecule has 0 aliphatic carbocycles. The molecule has 1 heterocycles. The van der Waals surface area contributed by atoms with Crippen molar-refractivity contribution in [2.24, 2.45) is 12.8 Å². The molecular formula is C13H16ClN3O. The molecule has 0 amide bonds. The highest BCUT2D eigenvalue weighted by Gasteiger charge is 2.09. The fraction of sp³-hybridized carbons (Fsp3) is 0.308. The number of hydrogen-bond donors (Lipinski definition) is 1. The molecular weight excluding hydrogens is 250 g/mol. The van der Waals surface area contributed by atoms with Crippen LogP contribution in [0.5, 0.6) is 5.75 Å². The molecule has 1 unspecified atom stereocenters. The quantitative estimate of drug-likeness (QED) is 0.925. The fourth-order valence-electron chi connectivity index (χ4n) is 1.69. The highest BCUT2D eigenvalue weighted by atomic mass is 35.5. The molecule has 0 saturated heterocycles. The molecule has 0 aliphatic heterocycles. The minimum absolute atomic E-state index is 0.0637. The summed E-state index contributed by atoms with van der Waals surface area (Å²) in [4.78, 5) is 4.18.